The van der Waals surface area contributed by atoms with E-state index in [0.717, 1.165) is 30.9 Å². The number of amides is 1. The van der Waals surface area contributed by atoms with Crippen LogP contribution in [0.15, 0.2) is 18.2 Å². The number of hydrogen-bond donors (Lipinski definition) is 1. The van der Waals surface area contributed by atoms with Gasteiger partial charge in [-0.05, 0) is 63.0 Å². The molecule has 2 aromatic rings. The highest BCUT2D eigenvalue weighted by atomic mass is 19.4. The number of rotatable bonds is 3. The summed E-state index contributed by atoms with van der Waals surface area (Å²) in [6.07, 6.45) is -1.17. The molecule has 0 saturated carbocycles. The number of carbonyl (C=O) groups excluding carboxylic acids is 1. The third-order valence-corrected chi connectivity index (χ3v) is 6.15. The predicted octanol–water partition coefficient (Wildman–Crippen LogP) is 3.81. The molecule has 0 spiro atoms. The molecule has 2 aliphatic rings. The van der Waals surface area contributed by atoms with Crippen molar-refractivity contribution in [3.05, 3.63) is 51.8 Å². The number of benzene rings is 1. The van der Waals surface area contributed by atoms with E-state index in [9.17, 15) is 18.0 Å². The lowest BCUT2D eigenvalue weighted by atomic mass is 10.1. The SMILES string of the molecule is Cc1ccc(C(=O)N2Cc3c(CN4CCCCC4)nn(C)c3C2)cc1C.O=C(O)C(F)(F)F. The summed E-state index contributed by atoms with van der Waals surface area (Å²) in [4.78, 5) is 26.3. The van der Waals surface area contributed by atoms with E-state index < -0.39 is 12.1 Å². The van der Waals surface area contributed by atoms with E-state index in [1.165, 1.54) is 41.6 Å². The molecule has 3 heterocycles. The van der Waals surface area contributed by atoms with Crippen molar-refractivity contribution in [1.82, 2.24) is 19.6 Å². The maximum absolute atomic E-state index is 13.0. The molecular weight excluding hydrogens is 437 g/mol. The van der Waals surface area contributed by atoms with Crippen LogP contribution >= 0.6 is 0 Å². The summed E-state index contributed by atoms with van der Waals surface area (Å²) in [5.74, 6) is -2.64. The molecule has 0 unspecified atom stereocenters. The van der Waals surface area contributed by atoms with Gasteiger partial charge in [0.25, 0.3) is 5.91 Å². The van der Waals surface area contributed by atoms with Crippen molar-refractivity contribution in [1.29, 1.82) is 0 Å². The van der Waals surface area contributed by atoms with Gasteiger partial charge in [0.2, 0.25) is 0 Å². The van der Waals surface area contributed by atoms with E-state index in [4.69, 9.17) is 15.0 Å². The van der Waals surface area contributed by atoms with Crippen LogP contribution in [0.3, 0.4) is 0 Å². The standard InChI is InChI=1S/C21H28N4O.C2HF3O2/c1-15-7-8-17(11-16(15)2)21(26)25-12-18-19(22-23(3)20(18)14-25)13-24-9-5-4-6-10-24;3-2(4,5)1(6)7/h7-8,11H,4-6,9-10,12-14H2,1-3H3;(H,6,7). The van der Waals surface area contributed by atoms with Crippen LogP contribution < -0.4 is 0 Å². The Morgan fingerprint density at radius 3 is 2.27 bits per heavy atom. The highest BCUT2D eigenvalue weighted by molar-refractivity contribution is 5.94. The molecule has 1 amide bonds. The van der Waals surface area contributed by atoms with E-state index in [0.29, 0.717) is 13.1 Å². The van der Waals surface area contributed by atoms with Crippen molar-refractivity contribution in [3.8, 4) is 0 Å². The van der Waals surface area contributed by atoms with E-state index in [1.54, 1.807) is 0 Å². The fraction of sp³-hybridized carbons (Fsp3) is 0.522. The molecule has 1 aromatic heterocycles. The highest BCUT2D eigenvalue weighted by Crippen LogP contribution is 2.28. The summed E-state index contributed by atoms with van der Waals surface area (Å²) >= 11 is 0. The zero-order chi connectivity index (χ0) is 24.3. The fourth-order valence-corrected chi connectivity index (χ4v) is 4.13. The number of aliphatic carboxylic acids is 1. The minimum absolute atomic E-state index is 0.119. The number of nitrogens with zero attached hydrogens (tertiary/aromatic N) is 4. The number of piperidine rings is 1. The maximum atomic E-state index is 13.0. The number of aryl methyl sites for hydroxylation is 3. The van der Waals surface area contributed by atoms with Gasteiger partial charge in [0, 0.05) is 24.7 Å². The Labute approximate surface area is 190 Å². The first kappa shape index (κ1) is 24.8. The molecular formula is C23H29F3N4O3. The lowest BCUT2D eigenvalue weighted by Gasteiger charge is -2.26. The average Bonchev–Trinajstić information content (AvgIpc) is 3.31. The van der Waals surface area contributed by atoms with Crippen LogP contribution in [-0.4, -0.2) is 55.8 Å². The van der Waals surface area contributed by atoms with Gasteiger partial charge in [-0.25, -0.2) is 4.79 Å². The smallest absolute Gasteiger partial charge is 0.475 e. The Balaban J connectivity index is 0.000000383. The second kappa shape index (κ2) is 9.94. The topological polar surface area (TPSA) is 78.7 Å². The number of carbonyl (C=O) groups is 2. The molecule has 1 fully saturated rings. The van der Waals surface area contributed by atoms with Gasteiger partial charge in [-0.15, -0.1) is 0 Å². The first-order valence-corrected chi connectivity index (χ1v) is 10.9. The maximum Gasteiger partial charge on any atom is 0.490 e. The van der Waals surface area contributed by atoms with Crippen LogP contribution in [0.5, 0.6) is 0 Å². The Hall–Kier alpha value is -2.88. The van der Waals surface area contributed by atoms with E-state index >= 15 is 0 Å². The number of likely N-dealkylation sites (tertiary alicyclic amines) is 1. The summed E-state index contributed by atoms with van der Waals surface area (Å²) in [7, 11) is 2.00. The molecule has 0 aliphatic carbocycles. The molecule has 33 heavy (non-hydrogen) atoms. The normalized spacial score (nSPS) is 16.2. The fourth-order valence-electron chi connectivity index (χ4n) is 4.13. The number of hydrogen-bond acceptors (Lipinski definition) is 4. The zero-order valence-corrected chi connectivity index (χ0v) is 19.1. The quantitative estimate of drug-likeness (QED) is 0.744. The van der Waals surface area contributed by atoms with Crippen molar-refractivity contribution in [2.45, 2.75) is 58.9 Å². The average molecular weight is 467 g/mol. The number of alkyl halides is 3. The molecule has 7 nitrogen and oxygen atoms in total. The molecule has 4 rings (SSSR count). The van der Waals surface area contributed by atoms with Crippen molar-refractivity contribution < 1.29 is 27.9 Å². The first-order valence-electron chi connectivity index (χ1n) is 10.9. The van der Waals surface area contributed by atoms with Gasteiger partial charge in [-0.2, -0.15) is 18.3 Å². The molecule has 1 aromatic carbocycles. The zero-order valence-electron chi connectivity index (χ0n) is 19.1. The van der Waals surface area contributed by atoms with Crippen LogP contribution in [0.25, 0.3) is 0 Å². The minimum Gasteiger partial charge on any atom is -0.475 e. The Bertz CT molecular complexity index is 1030. The van der Waals surface area contributed by atoms with Crippen LogP contribution in [0.2, 0.25) is 0 Å². The van der Waals surface area contributed by atoms with Crippen molar-refractivity contribution in [3.63, 3.8) is 0 Å². The third-order valence-electron chi connectivity index (χ3n) is 6.15. The van der Waals surface area contributed by atoms with Crippen LogP contribution in [0, 0.1) is 13.8 Å². The number of fused-ring (bicyclic) bond motifs is 1. The number of carboxylic acid groups (broad SMARTS) is 1. The lowest BCUT2D eigenvalue weighted by molar-refractivity contribution is -0.192. The van der Waals surface area contributed by atoms with Gasteiger partial charge in [-0.3, -0.25) is 14.4 Å². The first-order chi connectivity index (χ1) is 15.5. The van der Waals surface area contributed by atoms with Crippen molar-refractivity contribution in [2.75, 3.05) is 13.1 Å². The third kappa shape index (κ3) is 5.93. The molecule has 0 bridgehead atoms. The number of halogens is 3. The van der Waals surface area contributed by atoms with Crippen LogP contribution in [0.1, 0.15) is 57.7 Å². The summed E-state index contributed by atoms with van der Waals surface area (Å²) < 4.78 is 33.7. The van der Waals surface area contributed by atoms with Crippen molar-refractivity contribution in [2.24, 2.45) is 7.05 Å². The molecule has 0 atom stereocenters. The molecule has 0 radical (unpaired) electrons. The molecule has 180 valence electrons. The van der Waals surface area contributed by atoms with Gasteiger partial charge < -0.3 is 10.0 Å². The second-order valence-corrected chi connectivity index (χ2v) is 8.60. The van der Waals surface area contributed by atoms with Gasteiger partial charge in [0.1, 0.15) is 0 Å². The van der Waals surface area contributed by atoms with E-state index in [-0.39, 0.29) is 5.91 Å². The summed E-state index contributed by atoms with van der Waals surface area (Å²) in [6.45, 7) is 8.71. The van der Waals surface area contributed by atoms with Gasteiger partial charge in [0.05, 0.1) is 24.5 Å². The monoisotopic (exact) mass is 466 g/mol. The summed E-state index contributed by atoms with van der Waals surface area (Å²) in [5, 5.41) is 11.9. The Morgan fingerprint density at radius 1 is 1.06 bits per heavy atom. The van der Waals surface area contributed by atoms with Crippen LogP contribution in [0.4, 0.5) is 13.2 Å². The minimum atomic E-state index is -5.08. The largest absolute Gasteiger partial charge is 0.490 e. The second-order valence-electron chi connectivity index (χ2n) is 8.60. The molecule has 1 saturated heterocycles. The van der Waals surface area contributed by atoms with E-state index in [1.807, 2.05) is 34.8 Å². The van der Waals surface area contributed by atoms with Crippen LogP contribution in [-0.2, 0) is 31.5 Å². The predicted molar refractivity (Wildman–Crippen MR) is 116 cm³/mol. The summed E-state index contributed by atoms with van der Waals surface area (Å²) in [6, 6.07) is 5.99. The van der Waals surface area contributed by atoms with E-state index in [2.05, 4.69) is 18.7 Å². The molecule has 10 heteroatoms. The Morgan fingerprint density at radius 2 is 1.70 bits per heavy atom. The Kier molecular flexibility index (Phi) is 7.46. The van der Waals surface area contributed by atoms with Gasteiger partial charge >= 0.3 is 12.1 Å². The molecule has 1 N–H and O–H groups in total. The van der Waals surface area contributed by atoms with Gasteiger partial charge in [0.15, 0.2) is 0 Å². The van der Waals surface area contributed by atoms with Crippen molar-refractivity contribution >= 4 is 11.9 Å². The number of carboxylic acids is 1. The molecule has 2 aliphatic heterocycles. The number of aromatic nitrogens is 2. The van der Waals surface area contributed by atoms with Gasteiger partial charge in [-0.1, -0.05) is 12.5 Å². The summed E-state index contributed by atoms with van der Waals surface area (Å²) in [5.41, 5.74) is 6.77. The highest BCUT2D eigenvalue weighted by Gasteiger charge is 2.38. The lowest BCUT2D eigenvalue weighted by Crippen LogP contribution is -2.30.